The third-order valence-electron chi connectivity index (χ3n) is 3.34. The number of aliphatic imine (C=N–C) groups is 1. The molecule has 0 saturated carbocycles. The Morgan fingerprint density at radius 1 is 1.12 bits per heavy atom. The Kier molecular flexibility index (Phi) is 12.4. The number of carbonyl (C=O) groups is 2. The molecule has 9 heteroatoms. The van der Waals surface area contributed by atoms with E-state index < -0.39 is 0 Å². The molecule has 0 aliphatic heterocycles. The van der Waals surface area contributed by atoms with Crippen LogP contribution in [0.25, 0.3) is 0 Å². The van der Waals surface area contributed by atoms with Gasteiger partial charge in [-0.3, -0.25) is 14.6 Å². The molecule has 1 rings (SSSR count). The molecule has 2 amide bonds. The van der Waals surface area contributed by atoms with Crippen molar-refractivity contribution in [1.29, 1.82) is 0 Å². The van der Waals surface area contributed by atoms with E-state index in [0.29, 0.717) is 31.2 Å². The maximum atomic E-state index is 11.8. The van der Waals surface area contributed by atoms with Crippen LogP contribution in [0, 0.1) is 0 Å². The zero-order chi connectivity index (χ0) is 18.7. The molecule has 1 aromatic carbocycles. The first-order chi connectivity index (χ1) is 12.0. The number of nitrogens with zero attached hydrogens (tertiary/aromatic N) is 2. The zero-order valence-corrected chi connectivity index (χ0v) is 18.0. The van der Waals surface area contributed by atoms with Crippen molar-refractivity contribution in [2.45, 2.75) is 6.54 Å². The molecule has 0 bridgehead atoms. The van der Waals surface area contributed by atoms with E-state index in [2.05, 4.69) is 20.9 Å². The van der Waals surface area contributed by atoms with E-state index in [4.69, 9.17) is 4.74 Å². The van der Waals surface area contributed by atoms with E-state index in [-0.39, 0.29) is 42.3 Å². The lowest BCUT2D eigenvalue weighted by atomic mass is 10.1. The molecule has 0 spiro atoms. The van der Waals surface area contributed by atoms with Gasteiger partial charge in [0.15, 0.2) is 5.96 Å². The van der Waals surface area contributed by atoms with E-state index in [1.807, 2.05) is 12.1 Å². The Labute approximate surface area is 171 Å². The number of benzene rings is 1. The molecule has 0 unspecified atom stereocenters. The minimum absolute atomic E-state index is 0. The summed E-state index contributed by atoms with van der Waals surface area (Å²) in [7, 11) is 6.66. The quantitative estimate of drug-likeness (QED) is 0.219. The van der Waals surface area contributed by atoms with Gasteiger partial charge in [0.05, 0.1) is 13.2 Å². The molecule has 146 valence electrons. The summed E-state index contributed by atoms with van der Waals surface area (Å²) in [5, 5.41) is 8.77. The summed E-state index contributed by atoms with van der Waals surface area (Å²) in [5.74, 6) is 0.360. The number of ether oxygens (including phenoxy) is 1. The molecule has 0 aromatic heterocycles. The fourth-order valence-electron chi connectivity index (χ4n) is 1.95. The third-order valence-corrected chi connectivity index (χ3v) is 3.34. The molecule has 26 heavy (non-hydrogen) atoms. The summed E-state index contributed by atoms with van der Waals surface area (Å²) < 4.78 is 4.87. The summed E-state index contributed by atoms with van der Waals surface area (Å²) in [6.45, 7) is 1.60. The molecule has 0 aliphatic carbocycles. The van der Waals surface area contributed by atoms with Crippen molar-refractivity contribution in [2.24, 2.45) is 4.99 Å². The standard InChI is InChI=1S/C17H27N5O3.HI/c1-18-17(21-12-15(23)19-9-10-25-4)20-11-13-5-7-14(8-6-13)16(24)22(2)3;/h5-8H,9-12H2,1-4H3,(H,19,23)(H2,18,20,21);1H. The number of hydrogen-bond acceptors (Lipinski definition) is 4. The van der Waals surface area contributed by atoms with Crippen LogP contribution in [0.2, 0.25) is 0 Å². The fraction of sp³-hybridized carbons (Fsp3) is 0.471. The lowest BCUT2D eigenvalue weighted by Crippen LogP contribution is -2.43. The lowest BCUT2D eigenvalue weighted by molar-refractivity contribution is -0.120. The van der Waals surface area contributed by atoms with Gasteiger partial charge in [0.25, 0.3) is 5.91 Å². The molecule has 1 aromatic rings. The number of carbonyl (C=O) groups excluding carboxylic acids is 2. The van der Waals surface area contributed by atoms with Crippen LogP contribution in [0.4, 0.5) is 0 Å². The largest absolute Gasteiger partial charge is 0.383 e. The molecular weight excluding hydrogens is 449 g/mol. The minimum Gasteiger partial charge on any atom is -0.383 e. The van der Waals surface area contributed by atoms with Crippen molar-refractivity contribution in [2.75, 3.05) is 47.9 Å². The molecule has 0 radical (unpaired) electrons. The topological polar surface area (TPSA) is 95.1 Å². The van der Waals surface area contributed by atoms with Crippen LogP contribution in [0.5, 0.6) is 0 Å². The van der Waals surface area contributed by atoms with E-state index in [0.717, 1.165) is 5.56 Å². The van der Waals surface area contributed by atoms with Crippen LogP contribution in [0.1, 0.15) is 15.9 Å². The van der Waals surface area contributed by atoms with E-state index >= 15 is 0 Å². The molecule has 0 atom stereocenters. The maximum Gasteiger partial charge on any atom is 0.253 e. The number of nitrogens with one attached hydrogen (secondary N) is 3. The van der Waals surface area contributed by atoms with E-state index in [9.17, 15) is 9.59 Å². The molecule has 0 aliphatic rings. The Morgan fingerprint density at radius 3 is 2.31 bits per heavy atom. The van der Waals surface area contributed by atoms with E-state index in [1.54, 1.807) is 40.4 Å². The Hall–Kier alpha value is -1.88. The predicted octanol–water partition coefficient (Wildman–Crippen LogP) is 0.434. The SMILES string of the molecule is CN=C(NCC(=O)NCCOC)NCc1ccc(C(=O)N(C)C)cc1.I. The van der Waals surface area contributed by atoms with Gasteiger partial charge in [-0.05, 0) is 17.7 Å². The maximum absolute atomic E-state index is 11.8. The number of amides is 2. The van der Waals surface area contributed by atoms with Gasteiger partial charge in [-0.25, -0.2) is 0 Å². The average molecular weight is 477 g/mol. The molecule has 3 N–H and O–H groups in total. The fourth-order valence-corrected chi connectivity index (χ4v) is 1.95. The van der Waals surface area contributed by atoms with Gasteiger partial charge in [-0.1, -0.05) is 12.1 Å². The second-order valence-electron chi connectivity index (χ2n) is 5.52. The number of halogens is 1. The van der Waals surface area contributed by atoms with Crippen molar-refractivity contribution in [3.05, 3.63) is 35.4 Å². The van der Waals surface area contributed by atoms with Crippen molar-refractivity contribution < 1.29 is 14.3 Å². The van der Waals surface area contributed by atoms with Gasteiger partial charge in [-0.2, -0.15) is 0 Å². The highest BCUT2D eigenvalue weighted by atomic mass is 127. The Balaban J connectivity index is 0.00000625. The lowest BCUT2D eigenvalue weighted by Gasteiger charge is -2.13. The predicted molar refractivity (Wildman–Crippen MR) is 113 cm³/mol. The molecule has 8 nitrogen and oxygen atoms in total. The first-order valence-electron chi connectivity index (χ1n) is 7.98. The van der Waals surface area contributed by atoms with Gasteiger partial charge in [0.2, 0.25) is 5.91 Å². The number of methoxy groups -OCH3 is 1. The van der Waals surface area contributed by atoms with Crippen LogP contribution < -0.4 is 16.0 Å². The van der Waals surface area contributed by atoms with E-state index in [1.165, 1.54) is 4.90 Å². The number of rotatable bonds is 8. The Morgan fingerprint density at radius 2 is 1.77 bits per heavy atom. The molecule has 0 saturated heterocycles. The van der Waals surface area contributed by atoms with Crippen molar-refractivity contribution in [1.82, 2.24) is 20.9 Å². The van der Waals surface area contributed by atoms with Crippen molar-refractivity contribution in [3.8, 4) is 0 Å². The van der Waals surface area contributed by atoms with Gasteiger partial charge in [0.1, 0.15) is 0 Å². The smallest absolute Gasteiger partial charge is 0.253 e. The normalized spacial score (nSPS) is 10.5. The van der Waals surface area contributed by atoms with Gasteiger partial charge >= 0.3 is 0 Å². The highest BCUT2D eigenvalue weighted by Crippen LogP contribution is 2.06. The average Bonchev–Trinajstić information content (AvgIpc) is 2.62. The van der Waals surface area contributed by atoms with Gasteiger partial charge < -0.3 is 25.6 Å². The summed E-state index contributed by atoms with van der Waals surface area (Å²) in [4.78, 5) is 29.1. The summed E-state index contributed by atoms with van der Waals surface area (Å²) in [6.07, 6.45) is 0. The third kappa shape index (κ3) is 8.99. The van der Waals surface area contributed by atoms with Crippen LogP contribution in [-0.4, -0.2) is 70.6 Å². The van der Waals surface area contributed by atoms with Crippen molar-refractivity contribution >= 4 is 41.8 Å². The molecular formula is C17H28IN5O3. The summed E-state index contributed by atoms with van der Waals surface area (Å²) in [6, 6.07) is 7.35. The zero-order valence-electron chi connectivity index (χ0n) is 15.7. The van der Waals surface area contributed by atoms with Crippen LogP contribution in [-0.2, 0) is 16.1 Å². The van der Waals surface area contributed by atoms with Crippen molar-refractivity contribution in [3.63, 3.8) is 0 Å². The summed E-state index contributed by atoms with van der Waals surface area (Å²) in [5.41, 5.74) is 1.65. The monoisotopic (exact) mass is 477 g/mol. The van der Waals surface area contributed by atoms with Crippen LogP contribution in [0.15, 0.2) is 29.3 Å². The first kappa shape index (κ1) is 24.1. The minimum atomic E-state index is -0.133. The highest BCUT2D eigenvalue weighted by molar-refractivity contribution is 14.0. The highest BCUT2D eigenvalue weighted by Gasteiger charge is 2.07. The van der Waals surface area contributed by atoms with Crippen LogP contribution >= 0.6 is 24.0 Å². The summed E-state index contributed by atoms with van der Waals surface area (Å²) >= 11 is 0. The van der Waals surface area contributed by atoms with Crippen LogP contribution in [0.3, 0.4) is 0 Å². The number of hydrogen-bond donors (Lipinski definition) is 3. The molecule has 0 heterocycles. The number of guanidine groups is 1. The first-order valence-corrected chi connectivity index (χ1v) is 7.98. The second-order valence-corrected chi connectivity index (χ2v) is 5.52. The van der Waals surface area contributed by atoms with Gasteiger partial charge in [0, 0.05) is 46.9 Å². The second kappa shape index (κ2) is 13.3. The Bertz CT molecular complexity index is 591. The molecule has 0 fully saturated rings. The van der Waals surface area contributed by atoms with Gasteiger partial charge in [-0.15, -0.1) is 24.0 Å².